The summed E-state index contributed by atoms with van der Waals surface area (Å²) in [5.74, 6) is 0.574. The van der Waals surface area contributed by atoms with E-state index in [4.69, 9.17) is 16.3 Å². The number of anilines is 1. The largest absolute Gasteiger partial charge is 0.495 e. The molecule has 0 bridgehead atoms. The molecule has 1 amide bonds. The van der Waals surface area contributed by atoms with Crippen LogP contribution in [0.5, 0.6) is 5.75 Å². The van der Waals surface area contributed by atoms with Gasteiger partial charge >= 0.3 is 0 Å². The summed E-state index contributed by atoms with van der Waals surface area (Å²) in [6, 6.07) is 5.26. The molecule has 1 atom stereocenters. The maximum Gasteiger partial charge on any atom is 0.228 e. The van der Waals surface area contributed by atoms with Crippen molar-refractivity contribution in [1.29, 1.82) is 0 Å². The summed E-state index contributed by atoms with van der Waals surface area (Å²) < 4.78 is 5.22. The second-order valence-electron chi connectivity index (χ2n) is 4.51. The summed E-state index contributed by atoms with van der Waals surface area (Å²) in [5.41, 5.74) is 2.15. The van der Waals surface area contributed by atoms with E-state index in [1.54, 1.807) is 25.3 Å². The number of aliphatic hydroxyl groups excluding tert-OH is 1. The Kier molecular flexibility index (Phi) is 3.41. The van der Waals surface area contributed by atoms with E-state index >= 15 is 0 Å². The quantitative estimate of drug-likeness (QED) is 0.916. The number of carbonyl (C=O) groups is 1. The molecular weight excluding hydrogens is 298 g/mol. The number of thiophene rings is 1. The lowest BCUT2D eigenvalue weighted by Crippen LogP contribution is -2.03. The maximum absolute atomic E-state index is 11.4. The number of rotatable bonds is 3. The zero-order valence-electron chi connectivity index (χ0n) is 10.6. The number of fused-ring (bicyclic) bond motifs is 1. The molecule has 1 aliphatic rings. The van der Waals surface area contributed by atoms with Gasteiger partial charge in [0.2, 0.25) is 5.91 Å². The van der Waals surface area contributed by atoms with Crippen LogP contribution < -0.4 is 10.1 Å². The summed E-state index contributed by atoms with van der Waals surface area (Å²) in [4.78, 5) is 12.1. The number of hydrogen-bond donors (Lipinski definition) is 2. The van der Waals surface area contributed by atoms with Gasteiger partial charge < -0.3 is 15.2 Å². The van der Waals surface area contributed by atoms with Crippen molar-refractivity contribution < 1.29 is 14.6 Å². The molecule has 2 N–H and O–H groups in total. The predicted molar refractivity (Wildman–Crippen MR) is 78.7 cm³/mol. The topological polar surface area (TPSA) is 58.6 Å². The fraction of sp³-hybridized carbons (Fsp3) is 0.214. The first-order valence-electron chi connectivity index (χ1n) is 6.01. The van der Waals surface area contributed by atoms with Crippen LogP contribution in [0.4, 0.5) is 5.69 Å². The van der Waals surface area contributed by atoms with Crippen LogP contribution in [-0.4, -0.2) is 18.1 Å². The zero-order valence-corrected chi connectivity index (χ0v) is 12.2. The lowest BCUT2D eigenvalue weighted by Gasteiger charge is -2.14. The molecular formula is C14H12ClNO3S. The Labute approximate surface area is 125 Å². The molecule has 0 saturated carbocycles. The Morgan fingerprint density at radius 3 is 3.05 bits per heavy atom. The highest BCUT2D eigenvalue weighted by molar-refractivity contribution is 7.10. The number of halogens is 1. The first kappa shape index (κ1) is 13.4. The Morgan fingerprint density at radius 2 is 2.30 bits per heavy atom. The molecule has 6 heteroatoms. The third-order valence-corrected chi connectivity index (χ3v) is 4.55. The minimum Gasteiger partial charge on any atom is -0.495 e. The molecule has 0 spiro atoms. The van der Waals surface area contributed by atoms with Gasteiger partial charge in [-0.05, 0) is 29.1 Å². The standard InChI is InChI=1S/C14H12ClNO3S/c1-19-11-2-3-20-14(11)13(18)8-4-7-5-12(17)16-10(7)6-9(8)15/h2-4,6,13,18H,5H2,1H3,(H,16,17). The van der Waals surface area contributed by atoms with Gasteiger partial charge in [-0.25, -0.2) is 0 Å². The Balaban J connectivity index is 2.03. The molecule has 0 aliphatic carbocycles. The van der Waals surface area contributed by atoms with E-state index in [9.17, 15) is 9.90 Å². The number of ether oxygens (including phenoxy) is 1. The van der Waals surface area contributed by atoms with Crippen molar-refractivity contribution in [3.05, 3.63) is 44.6 Å². The first-order chi connectivity index (χ1) is 9.60. The number of amides is 1. The average molecular weight is 310 g/mol. The van der Waals surface area contributed by atoms with Crippen molar-refractivity contribution in [3.8, 4) is 5.75 Å². The number of methoxy groups -OCH3 is 1. The number of aliphatic hydroxyl groups is 1. The molecule has 1 aliphatic heterocycles. The minimum absolute atomic E-state index is 0.0589. The third kappa shape index (κ3) is 2.18. The summed E-state index contributed by atoms with van der Waals surface area (Å²) in [5, 5.41) is 15.5. The monoisotopic (exact) mass is 309 g/mol. The molecule has 1 aromatic carbocycles. The fourth-order valence-corrected chi connectivity index (χ4v) is 3.42. The van der Waals surface area contributed by atoms with Crippen molar-refractivity contribution in [1.82, 2.24) is 0 Å². The second-order valence-corrected chi connectivity index (χ2v) is 5.87. The molecule has 1 unspecified atom stereocenters. The van der Waals surface area contributed by atoms with E-state index in [1.807, 2.05) is 5.38 Å². The summed E-state index contributed by atoms with van der Waals surface area (Å²) in [6.07, 6.45) is -0.549. The summed E-state index contributed by atoms with van der Waals surface area (Å²) in [6.45, 7) is 0. The van der Waals surface area contributed by atoms with Crippen molar-refractivity contribution >= 4 is 34.5 Å². The first-order valence-corrected chi connectivity index (χ1v) is 7.27. The average Bonchev–Trinajstić information content (AvgIpc) is 3.01. The summed E-state index contributed by atoms with van der Waals surface area (Å²) in [7, 11) is 1.56. The van der Waals surface area contributed by atoms with Crippen LogP contribution in [0.15, 0.2) is 23.6 Å². The van der Waals surface area contributed by atoms with Crippen molar-refractivity contribution in [2.24, 2.45) is 0 Å². The number of carbonyl (C=O) groups excluding carboxylic acids is 1. The summed E-state index contributed by atoms with van der Waals surface area (Å²) >= 11 is 7.62. The van der Waals surface area contributed by atoms with Gasteiger partial charge in [-0.2, -0.15) is 0 Å². The van der Waals surface area contributed by atoms with Gasteiger partial charge in [0.1, 0.15) is 11.9 Å². The maximum atomic E-state index is 11.4. The molecule has 0 saturated heterocycles. The normalized spacial score (nSPS) is 14.8. The smallest absolute Gasteiger partial charge is 0.228 e. The third-order valence-electron chi connectivity index (χ3n) is 3.27. The van der Waals surface area contributed by atoms with Crippen LogP contribution in [0.2, 0.25) is 5.02 Å². The number of nitrogens with one attached hydrogen (secondary N) is 1. The van der Waals surface area contributed by atoms with E-state index in [0.717, 1.165) is 5.56 Å². The lowest BCUT2D eigenvalue weighted by molar-refractivity contribution is -0.115. The number of benzene rings is 1. The highest BCUT2D eigenvalue weighted by atomic mass is 35.5. The molecule has 104 valence electrons. The van der Waals surface area contributed by atoms with Gasteiger partial charge in [-0.3, -0.25) is 4.79 Å². The molecule has 1 aromatic heterocycles. The predicted octanol–water partition coefficient (Wildman–Crippen LogP) is 2.99. The highest BCUT2D eigenvalue weighted by Gasteiger charge is 2.24. The Morgan fingerprint density at radius 1 is 1.50 bits per heavy atom. The molecule has 2 aromatic rings. The Hall–Kier alpha value is -1.56. The molecule has 4 nitrogen and oxygen atoms in total. The number of hydrogen-bond acceptors (Lipinski definition) is 4. The van der Waals surface area contributed by atoms with Crippen LogP contribution >= 0.6 is 22.9 Å². The zero-order chi connectivity index (χ0) is 14.3. The van der Waals surface area contributed by atoms with Crippen molar-refractivity contribution in [3.63, 3.8) is 0 Å². The second kappa shape index (κ2) is 5.09. The van der Waals surface area contributed by atoms with Crippen LogP contribution in [0, 0.1) is 0 Å². The van der Waals surface area contributed by atoms with Gasteiger partial charge in [-0.1, -0.05) is 11.6 Å². The molecule has 0 radical (unpaired) electrons. The molecule has 3 rings (SSSR count). The van der Waals surface area contributed by atoms with Crippen molar-refractivity contribution in [2.45, 2.75) is 12.5 Å². The van der Waals surface area contributed by atoms with E-state index in [2.05, 4.69) is 5.32 Å². The van der Waals surface area contributed by atoms with E-state index < -0.39 is 6.10 Å². The van der Waals surface area contributed by atoms with Gasteiger partial charge in [0.15, 0.2) is 0 Å². The molecule has 2 heterocycles. The van der Waals surface area contributed by atoms with E-state index in [0.29, 0.717) is 33.3 Å². The fourth-order valence-electron chi connectivity index (χ4n) is 2.30. The Bertz CT molecular complexity index is 683. The van der Waals surface area contributed by atoms with Gasteiger partial charge in [0.05, 0.1) is 18.4 Å². The van der Waals surface area contributed by atoms with Crippen molar-refractivity contribution in [2.75, 3.05) is 12.4 Å². The van der Waals surface area contributed by atoms with E-state index in [1.165, 1.54) is 11.3 Å². The molecule has 20 heavy (non-hydrogen) atoms. The van der Waals surface area contributed by atoms with Crippen LogP contribution in [-0.2, 0) is 11.2 Å². The van der Waals surface area contributed by atoms with Gasteiger partial charge in [0, 0.05) is 16.3 Å². The minimum atomic E-state index is -0.863. The van der Waals surface area contributed by atoms with Gasteiger partial charge in [-0.15, -0.1) is 11.3 Å². The van der Waals surface area contributed by atoms with E-state index in [-0.39, 0.29) is 5.91 Å². The molecule has 0 fully saturated rings. The van der Waals surface area contributed by atoms with Crippen LogP contribution in [0.25, 0.3) is 0 Å². The van der Waals surface area contributed by atoms with Crippen LogP contribution in [0.3, 0.4) is 0 Å². The van der Waals surface area contributed by atoms with Crippen LogP contribution in [0.1, 0.15) is 22.1 Å². The lowest BCUT2D eigenvalue weighted by atomic mass is 10.0. The van der Waals surface area contributed by atoms with Gasteiger partial charge in [0.25, 0.3) is 0 Å². The SMILES string of the molecule is COc1ccsc1C(O)c1cc2c(cc1Cl)NC(=O)C2. The highest BCUT2D eigenvalue weighted by Crippen LogP contribution is 2.39.